The molecule has 1 aromatic heterocycles. The van der Waals surface area contributed by atoms with Crippen LogP contribution in [0.4, 0.5) is 4.39 Å². The number of alkyl halides is 1. The Kier molecular flexibility index (Phi) is 3.28. The van der Waals surface area contributed by atoms with Crippen molar-refractivity contribution in [3.05, 3.63) is 29.8 Å². The van der Waals surface area contributed by atoms with Crippen molar-refractivity contribution in [2.45, 2.75) is 45.5 Å². The number of rotatable bonds is 4. The first-order valence-corrected chi connectivity index (χ1v) is 7.66. The predicted octanol–water partition coefficient (Wildman–Crippen LogP) is 4.91. The lowest BCUT2D eigenvalue weighted by molar-refractivity contribution is 0.308. The van der Waals surface area contributed by atoms with Crippen LogP contribution in [-0.2, 0) is 6.54 Å². The van der Waals surface area contributed by atoms with Crippen molar-refractivity contribution < 1.29 is 4.39 Å². The van der Waals surface area contributed by atoms with E-state index in [0.29, 0.717) is 16.8 Å². The van der Waals surface area contributed by atoms with Gasteiger partial charge in [0.15, 0.2) is 0 Å². The van der Waals surface area contributed by atoms with E-state index in [1.165, 1.54) is 25.0 Å². The highest BCUT2D eigenvalue weighted by molar-refractivity contribution is 6.20. The fourth-order valence-electron chi connectivity index (χ4n) is 2.98. The maximum Gasteiger partial charge on any atom is 0.127 e. The largest absolute Gasteiger partial charge is 0.326 e. The van der Waals surface area contributed by atoms with Gasteiger partial charge in [0.1, 0.15) is 11.6 Å². The highest BCUT2D eigenvalue weighted by Gasteiger charge is 2.46. The molecule has 2 nitrogen and oxygen atoms in total. The van der Waals surface area contributed by atoms with Crippen molar-refractivity contribution in [3.63, 3.8) is 0 Å². The van der Waals surface area contributed by atoms with Gasteiger partial charge in [-0.1, -0.05) is 13.8 Å². The molecule has 0 aliphatic heterocycles. The number of imidazole rings is 1. The van der Waals surface area contributed by atoms with Crippen LogP contribution in [0, 0.1) is 17.2 Å². The summed E-state index contributed by atoms with van der Waals surface area (Å²) in [5, 5.41) is -0.173. The highest BCUT2D eigenvalue weighted by Crippen LogP contribution is 2.53. The van der Waals surface area contributed by atoms with E-state index in [9.17, 15) is 4.39 Å². The molecule has 1 heterocycles. The number of hydrogen-bond acceptors (Lipinski definition) is 1. The van der Waals surface area contributed by atoms with Gasteiger partial charge in [0.05, 0.1) is 16.4 Å². The lowest BCUT2D eigenvalue weighted by atomic mass is 9.92. The Bertz CT molecular complexity index is 641. The molecule has 0 amide bonds. The Morgan fingerprint density at radius 2 is 2.05 bits per heavy atom. The standard InChI is InChI=1S/C16H20ClFN2/c1-10(2)16(6-7-16)9-20-14-5-4-12(18)8-13(14)19-15(20)11(3)17/h4-5,8,10-11H,6-7,9H2,1-3H3. The van der Waals surface area contributed by atoms with Crippen molar-refractivity contribution in [1.82, 2.24) is 9.55 Å². The maximum atomic E-state index is 13.4. The van der Waals surface area contributed by atoms with Gasteiger partial charge in [0.25, 0.3) is 0 Å². The Morgan fingerprint density at radius 1 is 1.35 bits per heavy atom. The molecule has 1 aliphatic carbocycles. The van der Waals surface area contributed by atoms with Crippen LogP contribution in [0.3, 0.4) is 0 Å². The van der Waals surface area contributed by atoms with Gasteiger partial charge in [0.2, 0.25) is 0 Å². The van der Waals surface area contributed by atoms with Crippen LogP contribution in [0.2, 0.25) is 0 Å². The molecule has 0 radical (unpaired) electrons. The Balaban J connectivity index is 2.10. The molecule has 0 bridgehead atoms. The number of aromatic nitrogens is 2. The summed E-state index contributed by atoms with van der Waals surface area (Å²) in [6.07, 6.45) is 2.50. The molecular weight excluding hydrogens is 275 g/mol. The van der Waals surface area contributed by atoms with Crippen molar-refractivity contribution in [3.8, 4) is 0 Å². The number of fused-ring (bicyclic) bond motifs is 1. The van der Waals surface area contributed by atoms with E-state index in [0.717, 1.165) is 17.9 Å². The van der Waals surface area contributed by atoms with Crippen molar-refractivity contribution >= 4 is 22.6 Å². The number of halogens is 2. The molecule has 4 heteroatoms. The van der Waals surface area contributed by atoms with Gasteiger partial charge in [-0.3, -0.25) is 0 Å². The molecule has 0 spiro atoms. The maximum absolute atomic E-state index is 13.4. The van der Waals surface area contributed by atoms with Gasteiger partial charge in [0, 0.05) is 12.6 Å². The molecule has 20 heavy (non-hydrogen) atoms. The van der Waals surface area contributed by atoms with Crippen LogP contribution in [0.5, 0.6) is 0 Å². The summed E-state index contributed by atoms with van der Waals surface area (Å²) in [7, 11) is 0. The van der Waals surface area contributed by atoms with E-state index in [4.69, 9.17) is 11.6 Å². The third kappa shape index (κ3) is 2.22. The molecule has 1 atom stereocenters. The fourth-order valence-corrected chi connectivity index (χ4v) is 3.15. The van der Waals surface area contributed by atoms with E-state index >= 15 is 0 Å². The van der Waals surface area contributed by atoms with E-state index in [2.05, 4.69) is 23.4 Å². The van der Waals surface area contributed by atoms with Crippen LogP contribution in [0.1, 0.15) is 44.8 Å². The quantitative estimate of drug-likeness (QED) is 0.733. The Labute approximate surface area is 123 Å². The third-order valence-corrected chi connectivity index (χ3v) is 4.88. The minimum absolute atomic E-state index is 0.173. The highest BCUT2D eigenvalue weighted by atomic mass is 35.5. The first-order valence-electron chi connectivity index (χ1n) is 7.23. The smallest absolute Gasteiger partial charge is 0.127 e. The summed E-state index contributed by atoms with van der Waals surface area (Å²) >= 11 is 6.27. The molecule has 2 aromatic rings. The molecule has 1 fully saturated rings. The molecular formula is C16H20ClFN2. The first kappa shape index (κ1) is 13.9. The van der Waals surface area contributed by atoms with Crippen LogP contribution in [-0.4, -0.2) is 9.55 Å². The van der Waals surface area contributed by atoms with E-state index in [1.807, 2.05) is 13.0 Å². The lowest BCUT2D eigenvalue weighted by Crippen LogP contribution is -2.19. The fraction of sp³-hybridized carbons (Fsp3) is 0.562. The summed E-state index contributed by atoms with van der Waals surface area (Å²) in [6, 6.07) is 4.80. The zero-order valence-electron chi connectivity index (χ0n) is 12.2. The van der Waals surface area contributed by atoms with Gasteiger partial charge in [-0.2, -0.15) is 0 Å². The molecule has 3 rings (SSSR count). The van der Waals surface area contributed by atoms with Crippen molar-refractivity contribution in [2.24, 2.45) is 11.3 Å². The summed E-state index contributed by atoms with van der Waals surface area (Å²) in [5.74, 6) is 1.24. The Hall–Kier alpha value is -1.09. The van der Waals surface area contributed by atoms with Gasteiger partial charge in [-0.05, 0) is 43.2 Å². The van der Waals surface area contributed by atoms with Crippen LogP contribution < -0.4 is 0 Å². The van der Waals surface area contributed by atoms with Crippen LogP contribution in [0.25, 0.3) is 11.0 Å². The van der Waals surface area contributed by atoms with Gasteiger partial charge >= 0.3 is 0 Å². The van der Waals surface area contributed by atoms with E-state index in [-0.39, 0.29) is 11.2 Å². The molecule has 1 unspecified atom stereocenters. The SMILES string of the molecule is CC(Cl)c1nc2cc(F)ccc2n1CC1(C(C)C)CC1. The normalized spacial score (nSPS) is 18.7. The van der Waals surface area contributed by atoms with E-state index < -0.39 is 0 Å². The predicted molar refractivity (Wildman–Crippen MR) is 80.5 cm³/mol. The lowest BCUT2D eigenvalue weighted by Gasteiger charge is -2.22. The van der Waals surface area contributed by atoms with Gasteiger partial charge in [-0.25, -0.2) is 9.37 Å². The van der Waals surface area contributed by atoms with Gasteiger partial charge in [-0.15, -0.1) is 11.6 Å². The number of hydrogen-bond donors (Lipinski definition) is 0. The molecule has 0 N–H and O–H groups in total. The zero-order chi connectivity index (χ0) is 14.5. The molecule has 0 saturated heterocycles. The summed E-state index contributed by atoms with van der Waals surface area (Å²) < 4.78 is 15.6. The van der Waals surface area contributed by atoms with E-state index in [1.54, 1.807) is 0 Å². The minimum atomic E-state index is -0.249. The number of nitrogens with zero attached hydrogens (tertiary/aromatic N) is 2. The minimum Gasteiger partial charge on any atom is -0.326 e. The topological polar surface area (TPSA) is 17.8 Å². The molecule has 1 aromatic carbocycles. The average Bonchev–Trinajstić information content (AvgIpc) is 3.07. The van der Waals surface area contributed by atoms with Crippen LogP contribution >= 0.6 is 11.6 Å². The summed E-state index contributed by atoms with van der Waals surface area (Å²) in [4.78, 5) is 4.54. The third-order valence-electron chi connectivity index (χ3n) is 4.69. The number of benzene rings is 1. The van der Waals surface area contributed by atoms with Crippen molar-refractivity contribution in [1.29, 1.82) is 0 Å². The van der Waals surface area contributed by atoms with Gasteiger partial charge < -0.3 is 4.57 Å². The monoisotopic (exact) mass is 294 g/mol. The second-order valence-electron chi connectivity index (χ2n) is 6.32. The molecule has 1 saturated carbocycles. The average molecular weight is 295 g/mol. The summed E-state index contributed by atoms with van der Waals surface area (Å²) in [5.41, 5.74) is 2.05. The zero-order valence-corrected chi connectivity index (χ0v) is 12.9. The second kappa shape index (κ2) is 4.73. The summed E-state index contributed by atoms with van der Waals surface area (Å²) in [6.45, 7) is 7.40. The Morgan fingerprint density at radius 3 is 2.60 bits per heavy atom. The molecule has 108 valence electrons. The van der Waals surface area contributed by atoms with Crippen LogP contribution in [0.15, 0.2) is 18.2 Å². The first-order chi connectivity index (χ1) is 9.43. The second-order valence-corrected chi connectivity index (χ2v) is 6.98. The van der Waals surface area contributed by atoms with Crippen molar-refractivity contribution in [2.75, 3.05) is 0 Å². The molecule has 1 aliphatic rings.